The zero-order valence-electron chi connectivity index (χ0n) is 14.4. The number of carbonyl (C=O) groups excluding carboxylic acids is 1. The van der Waals surface area contributed by atoms with E-state index < -0.39 is 0 Å². The van der Waals surface area contributed by atoms with Gasteiger partial charge in [-0.05, 0) is 24.6 Å². The smallest absolute Gasteiger partial charge is 0.270 e. The second kappa shape index (κ2) is 6.81. The van der Waals surface area contributed by atoms with Crippen LogP contribution >= 0.6 is 0 Å². The zero-order valence-corrected chi connectivity index (χ0v) is 14.4. The Morgan fingerprint density at radius 3 is 2.24 bits per heavy atom. The minimum absolute atomic E-state index is 0.0382. The molecule has 1 aliphatic heterocycles. The largest absolute Gasteiger partial charge is 0.368 e. The summed E-state index contributed by atoms with van der Waals surface area (Å²) in [7, 11) is 1.62. The second-order valence-electron chi connectivity index (χ2n) is 6.14. The van der Waals surface area contributed by atoms with Crippen LogP contribution < -0.4 is 15.4 Å². The molecule has 128 valence electrons. The minimum Gasteiger partial charge on any atom is -0.368 e. The molecule has 1 aromatic carbocycles. The Labute approximate surface area is 146 Å². The molecule has 0 unspecified atom stereocenters. The first kappa shape index (κ1) is 16.8. The molecule has 2 heterocycles. The lowest BCUT2D eigenvalue weighted by molar-refractivity contribution is 0.112. The predicted octanol–water partition coefficient (Wildman–Crippen LogP) is 1.70. The van der Waals surface area contributed by atoms with Crippen LogP contribution in [0.15, 0.2) is 35.1 Å². The number of piperazine rings is 1. The number of hydrogen-bond acceptors (Lipinski definition) is 5. The van der Waals surface area contributed by atoms with Gasteiger partial charge >= 0.3 is 0 Å². The third-order valence-electron chi connectivity index (χ3n) is 4.79. The lowest BCUT2D eigenvalue weighted by Gasteiger charge is -2.38. The van der Waals surface area contributed by atoms with E-state index in [0.717, 1.165) is 19.4 Å². The van der Waals surface area contributed by atoms with E-state index in [1.165, 1.54) is 10.3 Å². The van der Waals surface area contributed by atoms with Crippen LogP contribution in [0.3, 0.4) is 0 Å². The van der Waals surface area contributed by atoms with Crippen LogP contribution in [-0.4, -0.2) is 37.0 Å². The molecule has 0 atom stereocenters. The maximum Gasteiger partial charge on any atom is 0.270 e. The van der Waals surface area contributed by atoms with Crippen LogP contribution in [-0.2, 0) is 7.05 Å². The number of hydrogen-bond donors (Lipinski definition) is 0. The van der Waals surface area contributed by atoms with Crippen LogP contribution in [0.25, 0.3) is 0 Å². The molecule has 6 heteroatoms. The van der Waals surface area contributed by atoms with E-state index in [-0.39, 0.29) is 11.1 Å². The molecule has 6 nitrogen and oxygen atoms in total. The van der Waals surface area contributed by atoms with Crippen molar-refractivity contribution < 1.29 is 4.79 Å². The third kappa shape index (κ3) is 2.89. The number of nitriles is 1. The molecule has 2 aromatic rings. The first-order valence-corrected chi connectivity index (χ1v) is 8.22. The van der Waals surface area contributed by atoms with Crippen LogP contribution in [0.2, 0.25) is 0 Å². The maximum atomic E-state index is 12.4. The number of aromatic nitrogens is 1. The number of nitrogens with zero attached hydrogens (tertiary/aromatic N) is 4. The minimum atomic E-state index is -0.355. The van der Waals surface area contributed by atoms with E-state index in [0.29, 0.717) is 30.0 Å². The molecular formula is C19H20N4O2. The van der Waals surface area contributed by atoms with Gasteiger partial charge in [0.25, 0.3) is 5.56 Å². The highest BCUT2D eigenvalue weighted by Crippen LogP contribution is 2.24. The van der Waals surface area contributed by atoms with Gasteiger partial charge in [-0.25, -0.2) is 0 Å². The SMILES string of the molecule is Cc1c(C=O)c(N2CCN(c3ccccc3)CC2)n(C)c(=O)c1C#N. The summed E-state index contributed by atoms with van der Waals surface area (Å²) in [5.74, 6) is 0.601. The molecule has 0 saturated carbocycles. The van der Waals surface area contributed by atoms with Crippen molar-refractivity contribution in [2.24, 2.45) is 7.05 Å². The molecule has 0 bridgehead atoms. The van der Waals surface area contributed by atoms with E-state index >= 15 is 0 Å². The van der Waals surface area contributed by atoms with E-state index in [1.807, 2.05) is 24.3 Å². The highest BCUT2D eigenvalue weighted by molar-refractivity contribution is 5.86. The van der Waals surface area contributed by atoms with Gasteiger partial charge in [-0.3, -0.25) is 14.2 Å². The highest BCUT2D eigenvalue weighted by atomic mass is 16.1. The summed E-state index contributed by atoms with van der Waals surface area (Å²) in [5, 5.41) is 9.21. The Balaban J connectivity index is 1.93. The summed E-state index contributed by atoms with van der Waals surface area (Å²) in [6.45, 7) is 4.67. The van der Waals surface area contributed by atoms with Crippen molar-refractivity contribution in [1.82, 2.24) is 4.57 Å². The molecule has 1 aliphatic rings. The molecule has 0 spiro atoms. The number of pyridine rings is 1. The Hall–Kier alpha value is -3.07. The fourth-order valence-electron chi connectivity index (χ4n) is 3.38. The van der Waals surface area contributed by atoms with Crippen LogP contribution in [0.5, 0.6) is 0 Å². The average Bonchev–Trinajstić information content (AvgIpc) is 2.66. The molecule has 1 saturated heterocycles. The van der Waals surface area contributed by atoms with Crippen LogP contribution in [0.4, 0.5) is 11.5 Å². The zero-order chi connectivity index (χ0) is 18.0. The lowest BCUT2D eigenvalue weighted by Crippen LogP contribution is -2.48. The van der Waals surface area contributed by atoms with Gasteiger partial charge < -0.3 is 9.80 Å². The molecule has 0 aliphatic carbocycles. The molecule has 1 fully saturated rings. The Bertz CT molecular complexity index is 888. The van der Waals surface area contributed by atoms with E-state index in [4.69, 9.17) is 0 Å². The van der Waals surface area contributed by atoms with E-state index in [9.17, 15) is 14.9 Å². The molecular weight excluding hydrogens is 316 g/mol. The monoisotopic (exact) mass is 336 g/mol. The van der Waals surface area contributed by atoms with Crippen molar-refractivity contribution in [3.63, 3.8) is 0 Å². The highest BCUT2D eigenvalue weighted by Gasteiger charge is 2.25. The van der Waals surface area contributed by atoms with Crippen LogP contribution in [0, 0.1) is 18.3 Å². The Kier molecular flexibility index (Phi) is 4.57. The molecule has 3 rings (SSSR count). The topological polar surface area (TPSA) is 69.3 Å². The molecule has 25 heavy (non-hydrogen) atoms. The fourth-order valence-corrected chi connectivity index (χ4v) is 3.38. The van der Waals surface area contributed by atoms with Crippen molar-refractivity contribution in [1.29, 1.82) is 5.26 Å². The summed E-state index contributed by atoms with van der Waals surface area (Å²) < 4.78 is 1.42. The normalized spacial score (nSPS) is 14.3. The number of anilines is 2. The van der Waals surface area contributed by atoms with Gasteiger partial charge in [0, 0.05) is 38.9 Å². The van der Waals surface area contributed by atoms with Gasteiger partial charge in [-0.15, -0.1) is 0 Å². The van der Waals surface area contributed by atoms with Gasteiger partial charge in [0.1, 0.15) is 17.5 Å². The molecule has 1 aromatic heterocycles. The number of aldehydes is 1. The second-order valence-corrected chi connectivity index (χ2v) is 6.14. The maximum absolute atomic E-state index is 12.4. The molecule has 0 radical (unpaired) electrons. The fraction of sp³-hybridized carbons (Fsp3) is 0.316. The van der Waals surface area contributed by atoms with Crippen molar-refractivity contribution in [3.05, 3.63) is 57.4 Å². The number of para-hydroxylation sites is 1. The quantitative estimate of drug-likeness (QED) is 0.798. The summed E-state index contributed by atoms with van der Waals surface area (Å²) in [6, 6.07) is 12.1. The van der Waals surface area contributed by atoms with Crippen molar-refractivity contribution in [2.45, 2.75) is 6.92 Å². The molecule has 0 amide bonds. The van der Waals surface area contributed by atoms with Gasteiger partial charge in [0.05, 0.1) is 5.56 Å². The first-order chi connectivity index (χ1) is 12.1. The van der Waals surface area contributed by atoms with Gasteiger partial charge in [0.2, 0.25) is 0 Å². The lowest BCUT2D eigenvalue weighted by atomic mass is 10.0. The van der Waals surface area contributed by atoms with Crippen molar-refractivity contribution in [2.75, 3.05) is 36.0 Å². The summed E-state index contributed by atoms with van der Waals surface area (Å²) in [4.78, 5) is 28.4. The number of carbonyl (C=O) groups is 1. The van der Waals surface area contributed by atoms with Crippen molar-refractivity contribution in [3.8, 4) is 6.07 Å². The van der Waals surface area contributed by atoms with Gasteiger partial charge in [-0.2, -0.15) is 5.26 Å². The predicted molar refractivity (Wildman–Crippen MR) is 97.4 cm³/mol. The van der Waals surface area contributed by atoms with Gasteiger partial charge in [0.15, 0.2) is 6.29 Å². The average molecular weight is 336 g/mol. The summed E-state index contributed by atoms with van der Waals surface area (Å²) >= 11 is 0. The number of benzene rings is 1. The van der Waals surface area contributed by atoms with E-state index in [2.05, 4.69) is 21.9 Å². The standard InChI is InChI=1S/C19H20N4O2/c1-14-16(12-20)19(25)21(2)18(17(14)13-24)23-10-8-22(9-11-23)15-6-4-3-5-7-15/h3-7,13H,8-11H2,1-2H3. The van der Waals surface area contributed by atoms with Crippen LogP contribution in [0.1, 0.15) is 21.5 Å². The van der Waals surface area contributed by atoms with E-state index in [1.54, 1.807) is 14.0 Å². The Morgan fingerprint density at radius 2 is 1.68 bits per heavy atom. The molecule has 0 N–H and O–H groups in total. The third-order valence-corrected chi connectivity index (χ3v) is 4.79. The van der Waals surface area contributed by atoms with Crippen molar-refractivity contribution >= 4 is 17.8 Å². The Morgan fingerprint density at radius 1 is 1.08 bits per heavy atom. The summed E-state index contributed by atoms with van der Waals surface area (Å²) in [5.41, 5.74) is 1.73. The van der Waals surface area contributed by atoms with Gasteiger partial charge in [-0.1, -0.05) is 18.2 Å². The number of rotatable bonds is 3. The summed E-state index contributed by atoms with van der Waals surface area (Å²) in [6.07, 6.45) is 0.745. The first-order valence-electron chi connectivity index (χ1n) is 8.22.